The third-order valence-corrected chi connectivity index (χ3v) is 2.51. The van der Waals surface area contributed by atoms with E-state index >= 15 is 0 Å². The average Bonchev–Trinajstić information content (AvgIpc) is 2.29. The Kier molecular flexibility index (Phi) is 2.82. The van der Waals surface area contributed by atoms with Crippen LogP contribution in [0.3, 0.4) is 0 Å². The number of carboxylic acid groups (broad SMARTS) is 1. The van der Waals surface area contributed by atoms with Gasteiger partial charge in [-0.05, 0) is 30.5 Å². The predicted octanol–water partition coefficient (Wildman–Crippen LogP) is 1.70. The molecule has 0 saturated heterocycles. The molecule has 0 saturated carbocycles. The van der Waals surface area contributed by atoms with E-state index in [0.717, 1.165) is 10.8 Å². The Hall–Kier alpha value is -2.30. The molecule has 17 heavy (non-hydrogen) atoms. The first-order valence-electron chi connectivity index (χ1n) is 5.21. The zero-order chi connectivity index (χ0) is 12.4. The van der Waals surface area contributed by atoms with E-state index in [4.69, 9.17) is 10.8 Å². The molecule has 0 radical (unpaired) electrons. The van der Waals surface area contributed by atoms with Crippen molar-refractivity contribution in [2.75, 3.05) is 11.1 Å². The molecule has 0 aliphatic carbocycles. The molecule has 0 spiro atoms. The zero-order valence-electron chi connectivity index (χ0n) is 9.34. The van der Waals surface area contributed by atoms with Gasteiger partial charge >= 0.3 is 5.97 Å². The van der Waals surface area contributed by atoms with Crippen molar-refractivity contribution in [3.05, 3.63) is 30.5 Å². The number of aliphatic carboxylic acids is 1. The van der Waals surface area contributed by atoms with Crippen LogP contribution in [-0.4, -0.2) is 22.1 Å². The second-order valence-electron chi connectivity index (χ2n) is 3.84. The molecule has 2 rings (SSSR count). The van der Waals surface area contributed by atoms with Crippen LogP contribution in [0.15, 0.2) is 30.5 Å². The fourth-order valence-corrected chi connectivity index (χ4v) is 1.57. The Morgan fingerprint density at radius 1 is 1.47 bits per heavy atom. The molecule has 0 bridgehead atoms. The van der Waals surface area contributed by atoms with E-state index in [1.54, 1.807) is 25.3 Å². The lowest BCUT2D eigenvalue weighted by Crippen LogP contribution is -2.25. The maximum absolute atomic E-state index is 10.8. The number of pyridine rings is 1. The number of aromatic nitrogens is 1. The molecule has 2 aromatic rings. The Morgan fingerprint density at radius 2 is 2.24 bits per heavy atom. The van der Waals surface area contributed by atoms with Gasteiger partial charge in [-0.1, -0.05) is 6.07 Å². The smallest absolute Gasteiger partial charge is 0.325 e. The molecule has 1 aromatic carbocycles. The summed E-state index contributed by atoms with van der Waals surface area (Å²) in [6.07, 6.45) is 1.63. The molecular formula is C12H13N3O2. The number of nitrogens with two attached hydrogens (primary N) is 1. The number of nitrogens with zero attached hydrogens (tertiary/aromatic N) is 1. The minimum Gasteiger partial charge on any atom is -0.480 e. The van der Waals surface area contributed by atoms with E-state index < -0.39 is 12.0 Å². The van der Waals surface area contributed by atoms with Crippen LogP contribution >= 0.6 is 0 Å². The number of carboxylic acids is 1. The highest BCUT2D eigenvalue weighted by molar-refractivity contribution is 5.94. The van der Waals surface area contributed by atoms with E-state index in [2.05, 4.69) is 10.3 Å². The summed E-state index contributed by atoms with van der Waals surface area (Å²) in [5, 5.41) is 13.5. The summed E-state index contributed by atoms with van der Waals surface area (Å²) in [4.78, 5) is 14.9. The fraction of sp³-hybridized carbons (Fsp3) is 0.167. The quantitative estimate of drug-likeness (QED) is 0.700. The van der Waals surface area contributed by atoms with Gasteiger partial charge in [0, 0.05) is 17.3 Å². The van der Waals surface area contributed by atoms with E-state index in [0.29, 0.717) is 11.5 Å². The first-order valence-corrected chi connectivity index (χ1v) is 5.21. The van der Waals surface area contributed by atoms with Gasteiger partial charge in [-0.15, -0.1) is 0 Å². The molecule has 1 atom stereocenters. The predicted molar refractivity (Wildman–Crippen MR) is 66.9 cm³/mol. The van der Waals surface area contributed by atoms with Crippen molar-refractivity contribution in [3.8, 4) is 0 Å². The summed E-state index contributed by atoms with van der Waals surface area (Å²) in [5.74, 6) is -0.391. The van der Waals surface area contributed by atoms with Gasteiger partial charge < -0.3 is 16.2 Å². The van der Waals surface area contributed by atoms with Crippen molar-refractivity contribution in [2.45, 2.75) is 13.0 Å². The molecule has 5 nitrogen and oxygen atoms in total. The second kappa shape index (κ2) is 4.29. The van der Waals surface area contributed by atoms with Crippen LogP contribution in [-0.2, 0) is 4.79 Å². The number of hydrogen-bond donors (Lipinski definition) is 3. The highest BCUT2D eigenvalue weighted by Crippen LogP contribution is 2.23. The lowest BCUT2D eigenvalue weighted by molar-refractivity contribution is -0.137. The standard InChI is InChI=1S/C12H13N3O2/c1-7(12(16)17)15-11-10-6-9(13)3-2-8(10)4-5-14-11/h2-7H,13H2,1H3,(H,14,15)(H,16,17). The molecule has 0 amide bonds. The second-order valence-corrected chi connectivity index (χ2v) is 3.84. The highest BCUT2D eigenvalue weighted by Gasteiger charge is 2.12. The molecule has 0 aliphatic heterocycles. The zero-order valence-corrected chi connectivity index (χ0v) is 9.34. The van der Waals surface area contributed by atoms with Gasteiger partial charge in [0.1, 0.15) is 11.9 Å². The molecule has 1 unspecified atom stereocenters. The minimum absolute atomic E-state index is 0.532. The van der Waals surface area contributed by atoms with Gasteiger partial charge in [0.05, 0.1) is 0 Å². The SMILES string of the molecule is CC(Nc1nccc2ccc(N)cc12)C(=O)O. The Morgan fingerprint density at radius 3 is 2.94 bits per heavy atom. The Bertz CT molecular complexity index is 569. The van der Waals surface area contributed by atoms with Crippen molar-refractivity contribution < 1.29 is 9.90 Å². The minimum atomic E-state index is -0.923. The maximum atomic E-state index is 10.8. The van der Waals surface area contributed by atoms with E-state index in [-0.39, 0.29) is 0 Å². The monoisotopic (exact) mass is 231 g/mol. The summed E-state index contributed by atoms with van der Waals surface area (Å²) in [5.41, 5.74) is 6.33. The van der Waals surface area contributed by atoms with Gasteiger partial charge in [0.2, 0.25) is 0 Å². The van der Waals surface area contributed by atoms with Gasteiger partial charge in [-0.3, -0.25) is 4.79 Å². The van der Waals surface area contributed by atoms with Gasteiger partial charge in [0.25, 0.3) is 0 Å². The number of anilines is 2. The van der Waals surface area contributed by atoms with Crippen LogP contribution in [0.5, 0.6) is 0 Å². The molecule has 1 aromatic heterocycles. The van der Waals surface area contributed by atoms with Crippen molar-refractivity contribution in [3.63, 3.8) is 0 Å². The van der Waals surface area contributed by atoms with Crippen LogP contribution in [0, 0.1) is 0 Å². The summed E-state index contributed by atoms with van der Waals surface area (Å²) >= 11 is 0. The van der Waals surface area contributed by atoms with E-state index in [9.17, 15) is 4.79 Å². The summed E-state index contributed by atoms with van der Waals surface area (Å²) < 4.78 is 0. The van der Waals surface area contributed by atoms with Gasteiger partial charge in [-0.2, -0.15) is 0 Å². The van der Waals surface area contributed by atoms with Gasteiger partial charge in [-0.25, -0.2) is 4.98 Å². The molecular weight excluding hydrogens is 218 g/mol. The molecule has 88 valence electrons. The number of benzene rings is 1. The molecule has 5 heteroatoms. The normalized spacial score (nSPS) is 12.3. The number of nitrogen functional groups attached to an aromatic ring is 1. The first-order chi connectivity index (χ1) is 8.08. The Labute approximate surface area is 98.3 Å². The number of hydrogen-bond acceptors (Lipinski definition) is 4. The maximum Gasteiger partial charge on any atom is 0.325 e. The highest BCUT2D eigenvalue weighted by atomic mass is 16.4. The van der Waals surface area contributed by atoms with Crippen LogP contribution < -0.4 is 11.1 Å². The lowest BCUT2D eigenvalue weighted by Gasteiger charge is -2.12. The van der Waals surface area contributed by atoms with Gasteiger partial charge in [0.15, 0.2) is 0 Å². The number of nitrogens with one attached hydrogen (secondary N) is 1. The average molecular weight is 231 g/mol. The van der Waals surface area contributed by atoms with Crippen LogP contribution in [0.2, 0.25) is 0 Å². The van der Waals surface area contributed by atoms with Crippen LogP contribution in [0.1, 0.15) is 6.92 Å². The van der Waals surface area contributed by atoms with Crippen molar-refractivity contribution in [1.82, 2.24) is 4.98 Å². The fourth-order valence-electron chi connectivity index (χ4n) is 1.57. The molecule has 0 aliphatic rings. The molecule has 0 fully saturated rings. The largest absolute Gasteiger partial charge is 0.480 e. The van der Waals surface area contributed by atoms with Crippen molar-refractivity contribution >= 4 is 28.2 Å². The van der Waals surface area contributed by atoms with E-state index in [1.165, 1.54) is 0 Å². The summed E-state index contributed by atoms with van der Waals surface area (Å²) in [6, 6.07) is 6.61. The number of fused-ring (bicyclic) bond motifs is 1. The topological polar surface area (TPSA) is 88.2 Å². The van der Waals surface area contributed by atoms with Crippen LogP contribution in [0.25, 0.3) is 10.8 Å². The molecule has 4 N–H and O–H groups in total. The third-order valence-electron chi connectivity index (χ3n) is 2.51. The third kappa shape index (κ3) is 2.28. The number of carbonyl (C=O) groups is 1. The number of rotatable bonds is 3. The molecule has 1 heterocycles. The lowest BCUT2D eigenvalue weighted by atomic mass is 10.1. The van der Waals surface area contributed by atoms with E-state index in [1.807, 2.05) is 12.1 Å². The first kappa shape index (κ1) is 11.2. The van der Waals surface area contributed by atoms with Crippen molar-refractivity contribution in [2.24, 2.45) is 0 Å². The summed E-state index contributed by atoms with van der Waals surface area (Å²) in [6.45, 7) is 1.56. The van der Waals surface area contributed by atoms with Crippen LogP contribution in [0.4, 0.5) is 11.5 Å². The van der Waals surface area contributed by atoms with Crippen molar-refractivity contribution in [1.29, 1.82) is 0 Å². The summed E-state index contributed by atoms with van der Waals surface area (Å²) in [7, 11) is 0. The Balaban J connectivity index is 2.46.